The number of aromatic hydroxyl groups is 1. The van der Waals surface area contributed by atoms with Gasteiger partial charge in [-0.15, -0.1) is 11.3 Å². The van der Waals surface area contributed by atoms with Crippen LogP contribution in [0.25, 0.3) is 20.8 Å². The fraction of sp³-hybridized carbons (Fsp3) is 0.176. The van der Waals surface area contributed by atoms with E-state index >= 15 is 0 Å². The largest absolute Gasteiger partial charge is 0.507 e. The third kappa shape index (κ3) is 2.85. The highest BCUT2D eigenvalue weighted by Crippen LogP contribution is 2.37. The molecule has 0 aliphatic heterocycles. The van der Waals surface area contributed by atoms with Crippen LogP contribution in [-0.2, 0) is 0 Å². The fourth-order valence-corrected chi connectivity index (χ4v) is 3.29. The molecule has 0 aliphatic carbocycles. The van der Waals surface area contributed by atoms with Crippen molar-refractivity contribution in [2.24, 2.45) is 0 Å². The van der Waals surface area contributed by atoms with Crippen LogP contribution in [0.4, 0.5) is 0 Å². The summed E-state index contributed by atoms with van der Waals surface area (Å²) < 4.78 is 6.00. The van der Waals surface area contributed by atoms with Crippen LogP contribution >= 0.6 is 11.3 Å². The van der Waals surface area contributed by atoms with E-state index in [1.165, 1.54) is 11.3 Å². The van der Waals surface area contributed by atoms with Crippen LogP contribution in [0.2, 0.25) is 0 Å². The second-order valence-electron chi connectivity index (χ2n) is 5.28. The number of thiazole rings is 1. The van der Waals surface area contributed by atoms with Crippen LogP contribution in [0, 0.1) is 0 Å². The Bertz CT molecular complexity index is 887. The summed E-state index contributed by atoms with van der Waals surface area (Å²) in [6, 6.07) is 10.5. The van der Waals surface area contributed by atoms with Crippen molar-refractivity contribution >= 4 is 27.5 Å². The summed E-state index contributed by atoms with van der Waals surface area (Å²) >= 11 is 1.44. The van der Waals surface area contributed by atoms with Crippen molar-refractivity contribution in [2.75, 3.05) is 21.2 Å². The van der Waals surface area contributed by atoms with Gasteiger partial charge in [0, 0.05) is 25.7 Å². The van der Waals surface area contributed by atoms with Gasteiger partial charge < -0.3 is 14.7 Å². The van der Waals surface area contributed by atoms with Crippen molar-refractivity contribution in [3.63, 3.8) is 0 Å². The molecule has 0 aliphatic rings. The number of phenols is 1. The Morgan fingerprint density at radius 2 is 2.00 bits per heavy atom. The summed E-state index contributed by atoms with van der Waals surface area (Å²) in [5.74, 6) is 0.661. The fourth-order valence-electron chi connectivity index (χ4n) is 2.25. The number of phenolic OH excluding ortho intramolecular Hbond substituents is 1. The molecular weight excluding hydrogens is 312 g/mol. The number of carbonyl (C=O) groups is 1. The molecule has 0 atom stereocenters. The zero-order valence-corrected chi connectivity index (χ0v) is 13.8. The number of ether oxygens (including phenoxy) is 1. The predicted octanol–water partition coefficient (Wildman–Crippen LogP) is 3.38. The lowest BCUT2D eigenvalue weighted by molar-refractivity contribution is 0.0828. The summed E-state index contributed by atoms with van der Waals surface area (Å²) in [6.45, 7) is 0. The number of rotatable bonds is 3. The van der Waals surface area contributed by atoms with Gasteiger partial charge in [0.25, 0.3) is 5.91 Å². The maximum absolute atomic E-state index is 12.0. The minimum Gasteiger partial charge on any atom is -0.507 e. The molecule has 3 aromatic rings. The molecule has 0 spiro atoms. The van der Waals surface area contributed by atoms with Gasteiger partial charge in [0.05, 0.1) is 22.9 Å². The van der Waals surface area contributed by atoms with Crippen LogP contribution in [0.15, 0.2) is 36.4 Å². The summed E-state index contributed by atoms with van der Waals surface area (Å²) in [5, 5.41) is 10.8. The number of aromatic nitrogens is 1. The summed E-state index contributed by atoms with van der Waals surface area (Å²) in [6.07, 6.45) is 0. The average Bonchev–Trinajstić information content (AvgIpc) is 2.96. The number of hydrogen-bond acceptors (Lipinski definition) is 5. The molecule has 3 rings (SSSR count). The van der Waals surface area contributed by atoms with Gasteiger partial charge in [-0.2, -0.15) is 0 Å². The maximum atomic E-state index is 12.0. The summed E-state index contributed by atoms with van der Waals surface area (Å²) in [7, 11) is 5.00. The molecule has 1 N–H and O–H groups in total. The Hall–Kier alpha value is -2.60. The van der Waals surface area contributed by atoms with Gasteiger partial charge >= 0.3 is 0 Å². The monoisotopic (exact) mass is 328 g/mol. The van der Waals surface area contributed by atoms with E-state index in [1.54, 1.807) is 50.4 Å². The summed E-state index contributed by atoms with van der Waals surface area (Å²) in [5.41, 5.74) is 2.07. The van der Waals surface area contributed by atoms with E-state index in [-0.39, 0.29) is 11.7 Å². The minimum absolute atomic E-state index is 0.0471. The molecule has 118 valence electrons. The summed E-state index contributed by atoms with van der Waals surface area (Å²) in [4.78, 5) is 18.1. The van der Waals surface area contributed by atoms with E-state index in [0.29, 0.717) is 21.9 Å². The third-order valence-corrected chi connectivity index (χ3v) is 4.53. The number of amides is 1. The maximum Gasteiger partial charge on any atom is 0.253 e. The Morgan fingerprint density at radius 1 is 1.22 bits per heavy atom. The average molecular weight is 328 g/mol. The van der Waals surface area contributed by atoms with Gasteiger partial charge in [-0.05, 0) is 30.3 Å². The standard InChI is InChI=1S/C17H16N2O3S/c1-19(2)17(21)10-4-7-13-15(8-10)23-16(18-13)12-6-5-11(22-3)9-14(12)20/h4-9,20H,1-3H3. The van der Waals surface area contributed by atoms with Crippen molar-refractivity contribution in [3.05, 3.63) is 42.0 Å². The van der Waals surface area contributed by atoms with E-state index in [9.17, 15) is 9.90 Å². The van der Waals surface area contributed by atoms with Gasteiger partial charge in [0.1, 0.15) is 16.5 Å². The minimum atomic E-state index is -0.0471. The van der Waals surface area contributed by atoms with Crippen molar-refractivity contribution in [1.82, 2.24) is 9.88 Å². The van der Waals surface area contributed by atoms with Gasteiger partial charge in [-0.1, -0.05) is 0 Å². The highest BCUT2D eigenvalue weighted by atomic mass is 32.1. The van der Waals surface area contributed by atoms with E-state index in [4.69, 9.17) is 4.74 Å². The van der Waals surface area contributed by atoms with Crippen LogP contribution in [0.3, 0.4) is 0 Å². The van der Waals surface area contributed by atoms with Crippen molar-refractivity contribution < 1.29 is 14.6 Å². The van der Waals surface area contributed by atoms with E-state index in [1.807, 2.05) is 12.1 Å². The number of benzene rings is 2. The Balaban J connectivity index is 2.05. The van der Waals surface area contributed by atoms with E-state index in [2.05, 4.69) is 4.98 Å². The molecule has 1 aromatic heterocycles. The Morgan fingerprint density at radius 3 is 2.65 bits per heavy atom. The molecule has 0 fully saturated rings. The lowest BCUT2D eigenvalue weighted by atomic mass is 10.2. The number of fused-ring (bicyclic) bond motifs is 1. The zero-order chi connectivity index (χ0) is 16.6. The molecule has 0 radical (unpaired) electrons. The first kappa shape index (κ1) is 15.3. The van der Waals surface area contributed by atoms with Gasteiger partial charge in [-0.25, -0.2) is 4.98 Å². The first-order valence-electron chi connectivity index (χ1n) is 6.99. The van der Waals surface area contributed by atoms with Crippen molar-refractivity contribution in [3.8, 4) is 22.1 Å². The Labute approximate surface area is 137 Å². The van der Waals surface area contributed by atoms with E-state index in [0.717, 1.165) is 10.2 Å². The van der Waals surface area contributed by atoms with Crippen LogP contribution in [0.1, 0.15) is 10.4 Å². The topological polar surface area (TPSA) is 62.7 Å². The highest BCUT2D eigenvalue weighted by Gasteiger charge is 2.14. The first-order valence-corrected chi connectivity index (χ1v) is 7.81. The lowest BCUT2D eigenvalue weighted by Crippen LogP contribution is -2.21. The van der Waals surface area contributed by atoms with Crippen molar-refractivity contribution in [2.45, 2.75) is 0 Å². The molecule has 2 aromatic carbocycles. The molecular formula is C17H16N2O3S. The highest BCUT2D eigenvalue weighted by molar-refractivity contribution is 7.21. The molecule has 0 bridgehead atoms. The lowest BCUT2D eigenvalue weighted by Gasteiger charge is -2.09. The smallest absolute Gasteiger partial charge is 0.253 e. The Kier molecular flexibility index (Phi) is 3.92. The van der Waals surface area contributed by atoms with Gasteiger partial charge in [-0.3, -0.25) is 4.79 Å². The third-order valence-electron chi connectivity index (χ3n) is 3.48. The van der Waals surface area contributed by atoms with Crippen molar-refractivity contribution in [1.29, 1.82) is 0 Å². The van der Waals surface area contributed by atoms with Crippen LogP contribution in [0.5, 0.6) is 11.5 Å². The molecule has 1 heterocycles. The number of hydrogen-bond donors (Lipinski definition) is 1. The SMILES string of the molecule is COc1ccc(-c2nc3ccc(C(=O)N(C)C)cc3s2)c(O)c1. The quantitative estimate of drug-likeness (QED) is 0.800. The first-order chi connectivity index (χ1) is 11.0. The number of methoxy groups -OCH3 is 1. The number of carbonyl (C=O) groups excluding carboxylic acids is 1. The molecule has 1 amide bonds. The van der Waals surface area contributed by atoms with E-state index < -0.39 is 0 Å². The molecule has 0 saturated carbocycles. The molecule has 0 unspecified atom stereocenters. The number of nitrogens with zero attached hydrogens (tertiary/aromatic N) is 2. The van der Waals surface area contributed by atoms with Gasteiger partial charge in [0.15, 0.2) is 0 Å². The van der Waals surface area contributed by atoms with Gasteiger partial charge in [0.2, 0.25) is 0 Å². The normalized spacial score (nSPS) is 10.7. The zero-order valence-electron chi connectivity index (χ0n) is 13.0. The molecule has 0 saturated heterocycles. The predicted molar refractivity (Wildman–Crippen MR) is 91.3 cm³/mol. The molecule has 23 heavy (non-hydrogen) atoms. The molecule has 5 nitrogen and oxygen atoms in total. The molecule has 6 heteroatoms. The van der Waals surface area contributed by atoms with Crippen LogP contribution in [-0.4, -0.2) is 42.1 Å². The second kappa shape index (κ2) is 5.89. The second-order valence-corrected chi connectivity index (χ2v) is 6.31. The van der Waals surface area contributed by atoms with Crippen LogP contribution < -0.4 is 4.74 Å².